The van der Waals surface area contributed by atoms with Crippen molar-refractivity contribution in [2.75, 3.05) is 62.7 Å². The molecule has 5 rings (SSSR count). The van der Waals surface area contributed by atoms with Crippen molar-refractivity contribution in [2.45, 2.75) is 12.5 Å². The zero-order valence-electron chi connectivity index (χ0n) is 22.6. The lowest BCUT2D eigenvalue weighted by molar-refractivity contribution is -0.129. The highest BCUT2D eigenvalue weighted by Gasteiger charge is 2.34. The van der Waals surface area contributed by atoms with E-state index in [1.54, 1.807) is 22.9 Å². The molecule has 0 spiro atoms. The summed E-state index contributed by atoms with van der Waals surface area (Å²) in [7, 11) is 1.19. The Kier molecular flexibility index (Phi) is 8.31. The monoisotopic (exact) mass is 586 g/mol. The molecule has 4 heterocycles. The van der Waals surface area contributed by atoms with Crippen LogP contribution in [0.1, 0.15) is 16.9 Å². The Bertz CT molecular complexity index is 1460. The molecule has 1 unspecified atom stereocenters. The first-order chi connectivity index (χ1) is 20.2. The van der Waals surface area contributed by atoms with Gasteiger partial charge in [0.05, 0.1) is 32.4 Å². The molecule has 2 saturated heterocycles. The highest BCUT2D eigenvalue weighted by molar-refractivity contribution is 5.95. The maximum Gasteiger partial charge on any atom is 0.414 e. The molecule has 2 aliphatic rings. The Labute approximate surface area is 238 Å². The fourth-order valence-corrected chi connectivity index (χ4v) is 4.81. The molecule has 2 fully saturated rings. The number of hydrogen-bond acceptors (Lipinski definition) is 9. The number of cyclic esters (lactones) is 1. The third-order valence-corrected chi connectivity index (χ3v) is 6.88. The summed E-state index contributed by atoms with van der Waals surface area (Å²) in [5, 5.41) is 4.97. The van der Waals surface area contributed by atoms with Crippen LogP contribution in [-0.2, 0) is 14.3 Å². The summed E-state index contributed by atoms with van der Waals surface area (Å²) in [5.74, 6) is -2.26. The third-order valence-electron chi connectivity index (χ3n) is 6.88. The molecule has 4 amide bonds. The maximum absolute atomic E-state index is 15.2. The second-order valence-corrected chi connectivity index (χ2v) is 9.60. The van der Waals surface area contributed by atoms with E-state index >= 15 is 8.78 Å². The molecule has 2 aliphatic heterocycles. The van der Waals surface area contributed by atoms with E-state index in [1.165, 1.54) is 23.1 Å². The number of nitrogens with one attached hydrogen (secondary N) is 2. The summed E-state index contributed by atoms with van der Waals surface area (Å²) >= 11 is 0. The quantitative estimate of drug-likeness (QED) is 0.416. The Morgan fingerprint density at radius 3 is 2.64 bits per heavy atom. The first kappa shape index (κ1) is 28.5. The third kappa shape index (κ3) is 6.16. The minimum absolute atomic E-state index is 0.0214. The molecule has 222 valence electrons. The van der Waals surface area contributed by atoms with Crippen molar-refractivity contribution < 1.29 is 37.4 Å². The number of halogens is 2. The minimum Gasteiger partial charge on any atom is -0.453 e. The number of rotatable bonds is 7. The molecule has 2 N–H and O–H groups in total. The predicted molar refractivity (Wildman–Crippen MR) is 143 cm³/mol. The van der Waals surface area contributed by atoms with Gasteiger partial charge in [-0.25, -0.2) is 28.3 Å². The molecule has 0 saturated carbocycles. The van der Waals surface area contributed by atoms with Crippen LogP contribution in [-0.4, -0.2) is 102 Å². The zero-order valence-corrected chi connectivity index (χ0v) is 22.6. The van der Waals surface area contributed by atoms with Gasteiger partial charge in [-0.3, -0.25) is 18.9 Å². The van der Waals surface area contributed by atoms with E-state index in [4.69, 9.17) is 4.74 Å². The van der Waals surface area contributed by atoms with E-state index in [-0.39, 0.29) is 62.2 Å². The molecule has 0 aliphatic carbocycles. The molecular formula is C26H28F2N8O6. The second kappa shape index (κ2) is 12.2. The van der Waals surface area contributed by atoms with Crippen molar-refractivity contribution in [3.05, 3.63) is 54.1 Å². The van der Waals surface area contributed by atoms with Crippen LogP contribution in [0.4, 0.5) is 29.7 Å². The van der Waals surface area contributed by atoms with E-state index in [2.05, 4.69) is 25.3 Å². The summed E-state index contributed by atoms with van der Waals surface area (Å²) in [5.41, 5.74) is -0.171. The number of alkyl carbamates (subject to hydrolysis) is 1. The Morgan fingerprint density at radius 2 is 1.90 bits per heavy atom. The van der Waals surface area contributed by atoms with E-state index in [0.717, 1.165) is 17.0 Å². The first-order valence-electron chi connectivity index (χ1n) is 13.1. The molecule has 1 atom stereocenters. The number of aromatic nitrogens is 3. The topological polar surface area (TPSA) is 151 Å². The van der Waals surface area contributed by atoms with Crippen molar-refractivity contribution in [1.29, 1.82) is 0 Å². The van der Waals surface area contributed by atoms with Crippen molar-refractivity contribution >= 4 is 41.2 Å². The lowest BCUT2D eigenvalue weighted by Crippen LogP contribution is -2.42. The molecule has 16 heteroatoms. The average Bonchev–Trinajstić information content (AvgIpc) is 3.50. The standard InChI is InChI=1S/C26H28F2N8O6/c1-41-25(39)31-12-17-14-36(26(40)42-17)16-10-18(27)22(19(28)11-16)34-7-3-6-33(8-9-34)21(37)13-30-23(38)20-15-35-5-2-4-29-24(35)32-20/h2,4-5,10-11,15,17H,3,6-9,12-14H2,1H3,(H,30,38)(H,31,39). The van der Waals surface area contributed by atoms with Crippen LogP contribution in [0.2, 0.25) is 0 Å². The number of benzene rings is 1. The molecule has 0 radical (unpaired) electrons. The van der Waals surface area contributed by atoms with Gasteiger partial charge in [-0.05, 0) is 12.5 Å². The van der Waals surface area contributed by atoms with E-state index < -0.39 is 35.8 Å². The molecular weight excluding hydrogens is 558 g/mol. The fraction of sp³-hybridized carbons (Fsp3) is 0.385. The number of hydrogen-bond donors (Lipinski definition) is 2. The lowest BCUT2D eigenvalue weighted by atomic mass is 10.2. The summed E-state index contributed by atoms with van der Waals surface area (Å²) in [6.45, 7) is 0.643. The molecule has 3 aromatic rings. The number of methoxy groups -OCH3 is 1. The molecule has 0 bridgehead atoms. The number of nitrogens with zero attached hydrogens (tertiary/aromatic N) is 6. The fourth-order valence-electron chi connectivity index (χ4n) is 4.81. The van der Waals surface area contributed by atoms with Crippen LogP contribution in [0, 0.1) is 11.6 Å². The van der Waals surface area contributed by atoms with Crippen LogP contribution in [0.15, 0.2) is 36.8 Å². The number of carbonyl (C=O) groups excluding carboxylic acids is 4. The van der Waals surface area contributed by atoms with Crippen molar-refractivity contribution in [1.82, 2.24) is 29.9 Å². The first-order valence-corrected chi connectivity index (χ1v) is 13.1. The highest BCUT2D eigenvalue weighted by atomic mass is 19.1. The van der Waals surface area contributed by atoms with E-state index in [9.17, 15) is 19.2 Å². The molecule has 42 heavy (non-hydrogen) atoms. The normalized spacial score (nSPS) is 17.2. The Hall–Kier alpha value is -5.02. The summed E-state index contributed by atoms with van der Waals surface area (Å²) < 4.78 is 41.7. The summed E-state index contributed by atoms with van der Waals surface area (Å²) in [6, 6.07) is 3.80. The van der Waals surface area contributed by atoms with Crippen LogP contribution >= 0.6 is 0 Å². The van der Waals surface area contributed by atoms with Crippen LogP contribution in [0.25, 0.3) is 5.78 Å². The smallest absolute Gasteiger partial charge is 0.414 e. The van der Waals surface area contributed by atoms with Gasteiger partial charge in [0.15, 0.2) is 11.6 Å². The highest BCUT2D eigenvalue weighted by Crippen LogP contribution is 2.31. The van der Waals surface area contributed by atoms with Gasteiger partial charge in [0.2, 0.25) is 11.7 Å². The number of imidazole rings is 1. The second-order valence-electron chi connectivity index (χ2n) is 9.60. The van der Waals surface area contributed by atoms with Crippen molar-refractivity contribution in [2.24, 2.45) is 0 Å². The van der Waals surface area contributed by atoms with Gasteiger partial charge in [-0.15, -0.1) is 0 Å². The zero-order chi connectivity index (χ0) is 29.8. The Morgan fingerprint density at radius 1 is 1.12 bits per heavy atom. The number of carbonyl (C=O) groups is 4. The van der Waals surface area contributed by atoms with Crippen LogP contribution in [0.3, 0.4) is 0 Å². The predicted octanol–water partition coefficient (Wildman–Crippen LogP) is 1.16. The van der Waals surface area contributed by atoms with Crippen molar-refractivity contribution in [3.63, 3.8) is 0 Å². The molecule has 14 nitrogen and oxygen atoms in total. The Balaban J connectivity index is 1.17. The van der Waals surface area contributed by atoms with Gasteiger partial charge in [0, 0.05) is 56.9 Å². The van der Waals surface area contributed by atoms with Gasteiger partial charge in [-0.2, -0.15) is 0 Å². The summed E-state index contributed by atoms with van der Waals surface area (Å²) in [4.78, 5) is 61.2. The molecule has 2 aromatic heterocycles. The summed E-state index contributed by atoms with van der Waals surface area (Å²) in [6.07, 6.45) is 2.97. The number of anilines is 2. The van der Waals surface area contributed by atoms with Gasteiger partial charge in [0.25, 0.3) is 5.91 Å². The van der Waals surface area contributed by atoms with E-state index in [0.29, 0.717) is 18.7 Å². The van der Waals surface area contributed by atoms with E-state index in [1.807, 2.05) is 0 Å². The average molecular weight is 587 g/mol. The molecule has 1 aromatic carbocycles. The number of ether oxygens (including phenoxy) is 2. The van der Waals surface area contributed by atoms with Gasteiger partial charge in [-0.1, -0.05) is 0 Å². The number of amides is 4. The van der Waals surface area contributed by atoms with Crippen molar-refractivity contribution in [3.8, 4) is 0 Å². The minimum atomic E-state index is -0.872. The number of fused-ring (bicyclic) bond motifs is 1. The van der Waals surface area contributed by atoms with Crippen LogP contribution in [0.5, 0.6) is 0 Å². The van der Waals surface area contributed by atoms with Gasteiger partial charge in [0.1, 0.15) is 17.5 Å². The maximum atomic E-state index is 15.2. The SMILES string of the molecule is COC(=O)NCC1CN(c2cc(F)c(N3CCCN(C(=O)CNC(=O)c4cn5cccnc5n4)CC3)c(F)c2)C(=O)O1. The van der Waals surface area contributed by atoms with Crippen LogP contribution < -0.4 is 20.4 Å². The van der Waals surface area contributed by atoms with Gasteiger partial charge < -0.3 is 29.9 Å². The lowest BCUT2D eigenvalue weighted by Gasteiger charge is -2.25. The largest absolute Gasteiger partial charge is 0.453 e. The van der Waals surface area contributed by atoms with Gasteiger partial charge >= 0.3 is 12.2 Å².